The summed E-state index contributed by atoms with van der Waals surface area (Å²) in [4.78, 5) is 28.6. The quantitative estimate of drug-likeness (QED) is 0.789. The van der Waals surface area contributed by atoms with Gasteiger partial charge in [0.25, 0.3) is 5.91 Å². The molecule has 7 nitrogen and oxygen atoms in total. The van der Waals surface area contributed by atoms with Crippen LogP contribution in [0.25, 0.3) is 5.69 Å². The number of piperidine rings is 1. The first kappa shape index (κ1) is 20.9. The van der Waals surface area contributed by atoms with E-state index in [1.54, 1.807) is 28.9 Å². The fourth-order valence-electron chi connectivity index (χ4n) is 3.52. The number of likely N-dealkylation sites (tertiary alicyclic amines) is 1. The highest BCUT2D eigenvalue weighted by Crippen LogP contribution is 2.20. The van der Waals surface area contributed by atoms with Gasteiger partial charge >= 0.3 is 6.09 Å². The zero-order valence-corrected chi connectivity index (χ0v) is 17.7. The molecule has 7 heteroatoms. The highest BCUT2D eigenvalue weighted by atomic mass is 16.6. The number of hydrogen-bond donors (Lipinski definition) is 0. The van der Waals surface area contributed by atoms with E-state index in [4.69, 9.17) is 4.74 Å². The van der Waals surface area contributed by atoms with E-state index < -0.39 is 5.60 Å². The van der Waals surface area contributed by atoms with E-state index in [0.717, 1.165) is 18.5 Å². The predicted octanol–water partition coefficient (Wildman–Crippen LogP) is 3.59. The van der Waals surface area contributed by atoms with Crippen molar-refractivity contribution < 1.29 is 14.3 Å². The van der Waals surface area contributed by atoms with Crippen molar-refractivity contribution in [2.24, 2.45) is 5.92 Å². The number of amides is 2. The summed E-state index contributed by atoms with van der Waals surface area (Å²) in [6.45, 7) is 7.46. The Labute approximate surface area is 172 Å². The number of aromatic nitrogens is 2. The highest BCUT2D eigenvalue weighted by Gasteiger charge is 2.28. The second-order valence-electron chi connectivity index (χ2n) is 8.60. The molecule has 2 amide bonds. The predicted molar refractivity (Wildman–Crippen MR) is 111 cm³/mol. The minimum absolute atomic E-state index is 0.0655. The first-order chi connectivity index (χ1) is 13.7. The lowest BCUT2D eigenvalue weighted by Gasteiger charge is -2.34. The first-order valence-corrected chi connectivity index (χ1v) is 10.1. The van der Waals surface area contributed by atoms with Crippen molar-refractivity contribution in [1.29, 1.82) is 0 Å². The standard InChI is InChI=1S/C22H30N4O3/c1-22(2,3)29-21(28)24(4)15-17-9-8-13-25(16-17)20(27)19-12-14-26(23-19)18-10-6-5-7-11-18/h5-7,10-12,14,17H,8-9,13,15-16H2,1-4H3. The van der Waals surface area contributed by atoms with Gasteiger partial charge in [0.2, 0.25) is 0 Å². The monoisotopic (exact) mass is 398 g/mol. The lowest BCUT2D eigenvalue weighted by Crippen LogP contribution is -2.45. The third kappa shape index (κ3) is 5.59. The molecule has 3 rings (SSSR count). The number of carbonyl (C=O) groups excluding carboxylic acids is 2. The molecule has 1 unspecified atom stereocenters. The number of ether oxygens (including phenoxy) is 1. The average Bonchev–Trinajstić information content (AvgIpc) is 3.17. The number of nitrogens with zero attached hydrogens (tertiary/aromatic N) is 4. The molecule has 2 heterocycles. The van der Waals surface area contributed by atoms with E-state index >= 15 is 0 Å². The average molecular weight is 399 g/mol. The Morgan fingerprint density at radius 2 is 1.93 bits per heavy atom. The molecule has 0 radical (unpaired) electrons. The van der Waals surface area contributed by atoms with Crippen LogP contribution in [0.5, 0.6) is 0 Å². The summed E-state index contributed by atoms with van der Waals surface area (Å²) in [5.74, 6) is 0.158. The van der Waals surface area contributed by atoms with E-state index in [-0.39, 0.29) is 17.9 Å². The normalized spacial score (nSPS) is 17.1. The van der Waals surface area contributed by atoms with Gasteiger partial charge in [0, 0.05) is 32.9 Å². The summed E-state index contributed by atoms with van der Waals surface area (Å²) in [5.41, 5.74) is 0.842. The molecule has 2 aromatic rings. The number of benzene rings is 1. The Morgan fingerprint density at radius 3 is 2.62 bits per heavy atom. The van der Waals surface area contributed by atoms with Crippen molar-refractivity contribution in [3.05, 3.63) is 48.3 Å². The molecule has 1 aliphatic heterocycles. The number of hydrogen-bond acceptors (Lipinski definition) is 4. The molecule has 1 aliphatic rings. The summed E-state index contributed by atoms with van der Waals surface area (Å²) >= 11 is 0. The van der Waals surface area contributed by atoms with Gasteiger partial charge in [-0.15, -0.1) is 0 Å². The molecule has 0 saturated carbocycles. The first-order valence-electron chi connectivity index (χ1n) is 10.1. The van der Waals surface area contributed by atoms with E-state index in [2.05, 4.69) is 5.10 Å². The van der Waals surface area contributed by atoms with Crippen molar-refractivity contribution in [1.82, 2.24) is 19.6 Å². The largest absolute Gasteiger partial charge is 0.444 e. The van der Waals surface area contributed by atoms with Crippen LogP contribution in [-0.4, -0.2) is 63.9 Å². The summed E-state index contributed by atoms with van der Waals surface area (Å²) in [5, 5.41) is 4.45. The van der Waals surface area contributed by atoms with Gasteiger partial charge in [-0.3, -0.25) is 4.79 Å². The van der Waals surface area contributed by atoms with Gasteiger partial charge in [0.1, 0.15) is 5.60 Å². The fraction of sp³-hybridized carbons (Fsp3) is 0.500. The topological polar surface area (TPSA) is 67.7 Å². The lowest BCUT2D eigenvalue weighted by atomic mass is 9.97. The van der Waals surface area contributed by atoms with Crippen LogP contribution in [0.15, 0.2) is 42.6 Å². The van der Waals surface area contributed by atoms with Crippen LogP contribution in [0.2, 0.25) is 0 Å². The Balaban J connectivity index is 1.60. The zero-order chi connectivity index (χ0) is 21.0. The molecule has 156 valence electrons. The van der Waals surface area contributed by atoms with Crippen molar-refractivity contribution in [2.45, 2.75) is 39.2 Å². The van der Waals surface area contributed by atoms with Gasteiger partial charge < -0.3 is 14.5 Å². The second-order valence-corrected chi connectivity index (χ2v) is 8.60. The van der Waals surface area contributed by atoms with Gasteiger partial charge in [-0.1, -0.05) is 18.2 Å². The maximum Gasteiger partial charge on any atom is 0.410 e. The van der Waals surface area contributed by atoms with Crippen LogP contribution >= 0.6 is 0 Å². The Kier molecular flexibility index (Phi) is 6.25. The SMILES string of the molecule is CN(CC1CCCN(C(=O)c2ccn(-c3ccccc3)n2)C1)C(=O)OC(C)(C)C. The van der Waals surface area contributed by atoms with Gasteiger partial charge in [-0.25, -0.2) is 9.48 Å². The van der Waals surface area contributed by atoms with Gasteiger partial charge in [0.05, 0.1) is 5.69 Å². The van der Waals surface area contributed by atoms with Crippen LogP contribution < -0.4 is 0 Å². The molecule has 0 bridgehead atoms. The summed E-state index contributed by atoms with van der Waals surface area (Å²) in [7, 11) is 1.75. The summed E-state index contributed by atoms with van der Waals surface area (Å²) < 4.78 is 7.14. The Morgan fingerprint density at radius 1 is 1.21 bits per heavy atom. The molecule has 1 aromatic heterocycles. The Bertz CT molecular complexity index is 841. The van der Waals surface area contributed by atoms with Gasteiger partial charge in [-0.05, 0) is 57.7 Å². The number of carbonyl (C=O) groups is 2. The molecule has 1 saturated heterocycles. The third-order valence-corrected chi connectivity index (χ3v) is 4.87. The number of para-hydroxylation sites is 1. The van der Waals surface area contributed by atoms with E-state index in [9.17, 15) is 9.59 Å². The van der Waals surface area contributed by atoms with Crippen molar-refractivity contribution in [3.8, 4) is 5.69 Å². The van der Waals surface area contributed by atoms with Crippen molar-refractivity contribution >= 4 is 12.0 Å². The molecule has 0 aliphatic carbocycles. The lowest BCUT2D eigenvalue weighted by molar-refractivity contribution is 0.0244. The van der Waals surface area contributed by atoms with Crippen LogP contribution in [0.3, 0.4) is 0 Å². The van der Waals surface area contributed by atoms with Crippen molar-refractivity contribution in [3.63, 3.8) is 0 Å². The van der Waals surface area contributed by atoms with Gasteiger partial charge in [0.15, 0.2) is 5.69 Å². The molecular formula is C22H30N4O3. The summed E-state index contributed by atoms with van der Waals surface area (Å²) in [6.07, 6.45) is 3.37. The molecule has 1 atom stereocenters. The van der Waals surface area contributed by atoms with Crippen LogP contribution in [0.1, 0.15) is 44.1 Å². The van der Waals surface area contributed by atoms with E-state index in [1.807, 2.05) is 56.0 Å². The molecule has 0 N–H and O–H groups in total. The maximum absolute atomic E-state index is 12.9. The minimum atomic E-state index is -0.516. The van der Waals surface area contributed by atoms with Crippen LogP contribution in [-0.2, 0) is 4.74 Å². The molecule has 0 spiro atoms. The smallest absolute Gasteiger partial charge is 0.410 e. The second kappa shape index (κ2) is 8.68. The molecule has 1 aromatic carbocycles. The fourth-order valence-corrected chi connectivity index (χ4v) is 3.52. The molecule has 1 fully saturated rings. The van der Waals surface area contributed by atoms with Crippen LogP contribution in [0.4, 0.5) is 4.79 Å². The highest BCUT2D eigenvalue weighted by molar-refractivity contribution is 5.92. The van der Waals surface area contributed by atoms with E-state index in [1.165, 1.54) is 0 Å². The maximum atomic E-state index is 12.9. The van der Waals surface area contributed by atoms with Crippen LogP contribution in [0, 0.1) is 5.92 Å². The minimum Gasteiger partial charge on any atom is -0.444 e. The van der Waals surface area contributed by atoms with E-state index in [0.29, 0.717) is 25.3 Å². The molecule has 29 heavy (non-hydrogen) atoms. The summed E-state index contributed by atoms with van der Waals surface area (Å²) in [6, 6.07) is 11.5. The van der Waals surface area contributed by atoms with Crippen molar-refractivity contribution in [2.75, 3.05) is 26.7 Å². The molecular weight excluding hydrogens is 368 g/mol. The number of rotatable bonds is 4. The zero-order valence-electron chi connectivity index (χ0n) is 17.7. The Hall–Kier alpha value is -2.83. The third-order valence-electron chi connectivity index (χ3n) is 4.87. The van der Waals surface area contributed by atoms with Gasteiger partial charge in [-0.2, -0.15) is 5.10 Å².